The van der Waals surface area contributed by atoms with Crippen molar-refractivity contribution >= 4 is 0 Å². The molecule has 1 aliphatic rings. The van der Waals surface area contributed by atoms with E-state index in [2.05, 4.69) is 62.4 Å². The minimum atomic E-state index is 0.647. The average molecular weight is 294 g/mol. The van der Waals surface area contributed by atoms with E-state index in [0.717, 1.165) is 19.6 Å². The highest BCUT2D eigenvalue weighted by Gasteiger charge is 2.24. The Hall–Kier alpha value is -1.60. The number of benzene rings is 2. The summed E-state index contributed by atoms with van der Waals surface area (Å²) < 4.78 is 5.87. The van der Waals surface area contributed by atoms with Crippen LogP contribution in [0.5, 0.6) is 0 Å². The van der Waals surface area contributed by atoms with Crippen LogP contribution in [0.2, 0.25) is 0 Å². The molecule has 1 heteroatoms. The maximum Gasteiger partial charge on any atom is 0.0716 e. The zero-order chi connectivity index (χ0) is 15.4. The van der Waals surface area contributed by atoms with Gasteiger partial charge in [-0.3, -0.25) is 0 Å². The topological polar surface area (TPSA) is 9.23 Å². The van der Waals surface area contributed by atoms with Crippen molar-refractivity contribution in [3.8, 4) is 0 Å². The maximum absolute atomic E-state index is 5.87. The molecule has 0 heterocycles. The van der Waals surface area contributed by atoms with Gasteiger partial charge in [-0.15, -0.1) is 0 Å². The van der Waals surface area contributed by atoms with Crippen molar-refractivity contribution in [3.05, 3.63) is 70.8 Å². The molecule has 2 aromatic rings. The third-order valence-corrected chi connectivity index (χ3v) is 5.00. The highest BCUT2D eigenvalue weighted by Crippen LogP contribution is 2.37. The number of ether oxygens (including phenoxy) is 1. The molecular formula is C21H26O. The molecule has 0 fully saturated rings. The molecule has 116 valence electrons. The predicted octanol–water partition coefficient (Wildman–Crippen LogP) is 5.45. The zero-order valence-electron chi connectivity index (χ0n) is 13.7. The summed E-state index contributed by atoms with van der Waals surface area (Å²) >= 11 is 0. The molecule has 0 spiro atoms. The number of hydrogen-bond donors (Lipinski definition) is 0. The molecule has 0 radical (unpaired) electrons. The maximum atomic E-state index is 5.87. The van der Waals surface area contributed by atoms with Gasteiger partial charge in [-0.25, -0.2) is 0 Å². The lowest BCUT2D eigenvalue weighted by Crippen LogP contribution is -2.18. The lowest BCUT2D eigenvalue weighted by molar-refractivity contribution is 0.112. The van der Waals surface area contributed by atoms with Gasteiger partial charge in [0, 0.05) is 6.61 Å². The minimum Gasteiger partial charge on any atom is -0.377 e. The zero-order valence-corrected chi connectivity index (χ0v) is 13.7. The second-order valence-electron chi connectivity index (χ2n) is 6.49. The molecule has 0 aromatic heterocycles. The van der Waals surface area contributed by atoms with Crippen molar-refractivity contribution < 1.29 is 4.74 Å². The number of fused-ring (bicyclic) bond motifs is 1. The van der Waals surface area contributed by atoms with E-state index in [1.807, 2.05) is 0 Å². The Bertz CT molecular complexity index is 600. The van der Waals surface area contributed by atoms with Gasteiger partial charge in [0.15, 0.2) is 0 Å². The molecule has 0 saturated carbocycles. The van der Waals surface area contributed by atoms with Gasteiger partial charge in [-0.1, -0.05) is 62.4 Å². The van der Waals surface area contributed by atoms with Crippen LogP contribution in [0.1, 0.15) is 60.8 Å². The highest BCUT2D eigenvalue weighted by molar-refractivity contribution is 5.39. The molecule has 0 aliphatic heterocycles. The number of rotatable bonds is 7. The summed E-state index contributed by atoms with van der Waals surface area (Å²) in [5.41, 5.74) is 5.76. The normalized spacial score (nSPS) is 17.6. The first kappa shape index (κ1) is 15.3. The van der Waals surface area contributed by atoms with Gasteiger partial charge in [0.1, 0.15) is 0 Å². The van der Waals surface area contributed by atoms with Crippen molar-refractivity contribution in [2.45, 2.75) is 51.6 Å². The Morgan fingerprint density at radius 2 is 1.86 bits per heavy atom. The SMILES string of the molecule is CCC(C)c1ccc(COCCC2Cc3ccccc32)cc1. The van der Waals surface area contributed by atoms with E-state index in [1.165, 1.54) is 35.1 Å². The summed E-state index contributed by atoms with van der Waals surface area (Å²) in [7, 11) is 0. The van der Waals surface area contributed by atoms with Gasteiger partial charge in [0.05, 0.1) is 6.61 Å². The molecule has 22 heavy (non-hydrogen) atoms. The quantitative estimate of drug-likeness (QED) is 0.617. The van der Waals surface area contributed by atoms with Gasteiger partial charge >= 0.3 is 0 Å². The second-order valence-corrected chi connectivity index (χ2v) is 6.49. The summed E-state index contributed by atoms with van der Waals surface area (Å²) in [6, 6.07) is 17.7. The Balaban J connectivity index is 1.41. The molecule has 2 aromatic carbocycles. The monoisotopic (exact) mass is 294 g/mol. The molecule has 2 unspecified atom stereocenters. The third-order valence-electron chi connectivity index (χ3n) is 5.00. The van der Waals surface area contributed by atoms with Crippen LogP contribution in [-0.2, 0) is 17.8 Å². The molecular weight excluding hydrogens is 268 g/mol. The predicted molar refractivity (Wildman–Crippen MR) is 92.3 cm³/mol. The van der Waals surface area contributed by atoms with Crippen molar-refractivity contribution in [3.63, 3.8) is 0 Å². The van der Waals surface area contributed by atoms with Gasteiger partial charge in [0.2, 0.25) is 0 Å². The van der Waals surface area contributed by atoms with Crippen LogP contribution in [0.4, 0.5) is 0 Å². The van der Waals surface area contributed by atoms with Crippen LogP contribution in [-0.4, -0.2) is 6.61 Å². The van der Waals surface area contributed by atoms with E-state index < -0.39 is 0 Å². The Labute approximate surface area is 134 Å². The summed E-state index contributed by atoms with van der Waals surface area (Å²) in [6.07, 6.45) is 3.56. The fourth-order valence-corrected chi connectivity index (χ4v) is 3.21. The minimum absolute atomic E-state index is 0.647. The second kappa shape index (κ2) is 7.11. The van der Waals surface area contributed by atoms with Crippen molar-refractivity contribution in [2.75, 3.05) is 6.61 Å². The van der Waals surface area contributed by atoms with E-state index in [4.69, 9.17) is 4.74 Å². The van der Waals surface area contributed by atoms with E-state index in [-0.39, 0.29) is 0 Å². The van der Waals surface area contributed by atoms with Crippen LogP contribution < -0.4 is 0 Å². The van der Waals surface area contributed by atoms with E-state index in [0.29, 0.717) is 11.8 Å². The third kappa shape index (κ3) is 3.41. The molecule has 2 atom stereocenters. The van der Waals surface area contributed by atoms with Crippen LogP contribution >= 0.6 is 0 Å². The van der Waals surface area contributed by atoms with Crippen LogP contribution in [0.3, 0.4) is 0 Å². The lowest BCUT2D eigenvalue weighted by atomic mass is 9.76. The van der Waals surface area contributed by atoms with E-state index in [1.54, 1.807) is 0 Å². The lowest BCUT2D eigenvalue weighted by Gasteiger charge is -2.29. The number of hydrogen-bond acceptors (Lipinski definition) is 1. The van der Waals surface area contributed by atoms with E-state index >= 15 is 0 Å². The first-order chi connectivity index (χ1) is 10.8. The van der Waals surface area contributed by atoms with Gasteiger partial charge in [-0.05, 0) is 53.4 Å². The highest BCUT2D eigenvalue weighted by atomic mass is 16.5. The smallest absolute Gasteiger partial charge is 0.0716 e. The molecule has 0 bridgehead atoms. The van der Waals surface area contributed by atoms with Crippen LogP contribution in [0.15, 0.2) is 48.5 Å². The molecule has 0 N–H and O–H groups in total. The van der Waals surface area contributed by atoms with Crippen molar-refractivity contribution in [2.24, 2.45) is 0 Å². The van der Waals surface area contributed by atoms with E-state index in [9.17, 15) is 0 Å². The fraction of sp³-hybridized carbons (Fsp3) is 0.429. The summed E-state index contributed by atoms with van der Waals surface area (Å²) in [5, 5.41) is 0. The van der Waals surface area contributed by atoms with Crippen LogP contribution in [0.25, 0.3) is 0 Å². The Morgan fingerprint density at radius 3 is 2.59 bits per heavy atom. The Morgan fingerprint density at radius 1 is 1.09 bits per heavy atom. The molecule has 0 amide bonds. The largest absolute Gasteiger partial charge is 0.377 e. The van der Waals surface area contributed by atoms with Crippen molar-refractivity contribution in [1.29, 1.82) is 0 Å². The molecule has 1 nitrogen and oxygen atoms in total. The van der Waals surface area contributed by atoms with Gasteiger partial charge in [-0.2, -0.15) is 0 Å². The molecule has 3 rings (SSSR count). The summed E-state index contributed by atoms with van der Waals surface area (Å²) in [5.74, 6) is 1.36. The molecule has 0 saturated heterocycles. The first-order valence-electron chi connectivity index (χ1n) is 8.52. The summed E-state index contributed by atoms with van der Waals surface area (Å²) in [4.78, 5) is 0. The van der Waals surface area contributed by atoms with Crippen molar-refractivity contribution in [1.82, 2.24) is 0 Å². The standard InChI is InChI=1S/C21H26O/c1-3-16(2)18-10-8-17(9-11-18)15-22-13-12-20-14-19-6-4-5-7-21(19)20/h4-11,16,20H,3,12-15H2,1-2H3. The Kier molecular flexibility index (Phi) is 4.94. The van der Waals surface area contributed by atoms with Gasteiger partial charge in [0.25, 0.3) is 0 Å². The van der Waals surface area contributed by atoms with Crippen LogP contribution in [0, 0.1) is 0 Å². The first-order valence-corrected chi connectivity index (χ1v) is 8.52. The average Bonchev–Trinajstić information content (AvgIpc) is 2.55. The fourth-order valence-electron chi connectivity index (χ4n) is 3.21. The molecule has 1 aliphatic carbocycles. The summed E-state index contributed by atoms with van der Waals surface area (Å²) in [6.45, 7) is 6.10. The van der Waals surface area contributed by atoms with Gasteiger partial charge < -0.3 is 4.74 Å².